The van der Waals surface area contributed by atoms with Crippen LogP contribution in [0.3, 0.4) is 0 Å². The van der Waals surface area contributed by atoms with Crippen molar-refractivity contribution in [2.24, 2.45) is 0 Å². The molecule has 0 aromatic heterocycles. The van der Waals surface area contributed by atoms with Crippen molar-refractivity contribution in [2.75, 3.05) is 11.9 Å². The summed E-state index contributed by atoms with van der Waals surface area (Å²) in [5.74, 6) is 0.378. The minimum Gasteiger partial charge on any atom is -0.466 e. The first-order valence-electron chi connectivity index (χ1n) is 9.44. The normalized spacial score (nSPS) is 26.1. The van der Waals surface area contributed by atoms with Gasteiger partial charge in [0.2, 0.25) is 6.29 Å². The fraction of sp³-hybridized carbons (Fsp3) is 0.381. The van der Waals surface area contributed by atoms with E-state index < -0.39 is 37.3 Å². The Kier molecular flexibility index (Phi) is 7.59. The molecule has 1 aliphatic heterocycles. The second kappa shape index (κ2) is 10.2. The highest BCUT2D eigenvalue weighted by Crippen LogP contribution is 2.24. The van der Waals surface area contributed by atoms with Crippen LogP contribution in [0.4, 0.5) is 5.69 Å². The molecule has 9 heteroatoms. The van der Waals surface area contributed by atoms with Gasteiger partial charge in [0.1, 0.15) is 36.8 Å². The monoisotopic (exact) mass is 435 g/mol. The molecule has 0 amide bonds. The Bertz CT molecular complexity index is 828. The van der Waals surface area contributed by atoms with Crippen LogP contribution in [0.25, 0.3) is 0 Å². The molecule has 0 saturated carbocycles. The number of ether oxygens (including phenoxy) is 3. The molecular formula is C21H25NO7S. The summed E-state index contributed by atoms with van der Waals surface area (Å²) in [6, 6.07) is 14.6. The van der Waals surface area contributed by atoms with Crippen LogP contribution in [0.15, 0.2) is 48.5 Å². The lowest BCUT2D eigenvalue weighted by atomic mass is 9.99. The van der Waals surface area contributed by atoms with E-state index in [0.717, 1.165) is 16.8 Å². The number of hydrogen-bond donors (Lipinski definition) is 5. The first-order valence-corrected chi connectivity index (χ1v) is 9.85. The summed E-state index contributed by atoms with van der Waals surface area (Å²) in [4.78, 5) is 0. The minimum absolute atomic E-state index is 0.248. The van der Waals surface area contributed by atoms with Crippen molar-refractivity contribution in [3.63, 3.8) is 0 Å². The molecular weight excluding hydrogens is 410 g/mol. The molecule has 0 bridgehead atoms. The van der Waals surface area contributed by atoms with Crippen LogP contribution in [0.5, 0.6) is 5.75 Å². The molecule has 2 aromatic carbocycles. The minimum atomic E-state index is -1.49. The molecule has 2 aromatic rings. The summed E-state index contributed by atoms with van der Waals surface area (Å²) in [5.41, 5.74) is 2.83. The van der Waals surface area contributed by atoms with Gasteiger partial charge < -0.3 is 40.0 Å². The summed E-state index contributed by atoms with van der Waals surface area (Å²) in [6.45, 7) is 1.74. The number of anilines is 1. The Morgan fingerprint density at radius 2 is 1.67 bits per heavy atom. The third-order valence-corrected chi connectivity index (χ3v) is 4.91. The fourth-order valence-electron chi connectivity index (χ4n) is 2.90. The summed E-state index contributed by atoms with van der Waals surface area (Å²) in [6.07, 6.45) is -6.63. The van der Waals surface area contributed by atoms with Gasteiger partial charge in [0.15, 0.2) is 0 Å². The van der Waals surface area contributed by atoms with Gasteiger partial charge in [0.25, 0.3) is 5.17 Å². The van der Waals surface area contributed by atoms with Gasteiger partial charge in [-0.3, -0.25) is 0 Å². The molecule has 162 valence electrons. The van der Waals surface area contributed by atoms with E-state index in [1.54, 1.807) is 24.3 Å². The molecule has 30 heavy (non-hydrogen) atoms. The molecule has 1 aliphatic rings. The Labute approximate surface area is 179 Å². The van der Waals surface area contributed by atoms with E-state index in [1.807, 2.05) is 31.2 Å². The van der Waals surface area contributed by atoms with E-state index in [4.69, 9.17) is 26.4 Å². The standard InChI is InChI=1S/C21H25NO7S/c1-12-2-6-14(7-3-12)22-21(30)27-11-13-4-8-15(9-5-13)28-20-19(26)18(25)17(24)16(10-23)29-20/h2-9,16-20,23-26H,10-11H2,1H3,(H,22,30)/t16-,17+,18+,19-,20-/m1/s1. The highest BCUT2D eigenvalue weighted by atomic mass is 32.1. The Morgan fingerprint density at radius 3 is 2.30 bits per heavy atom. The largest absolute Gasteiger partial charge is 0.466 e. The second-order valence-electron chi connectivity index (χ2n) is 7.03. The Hall–Kier alpha value is -2.27. The van der Waals surface area contributed by atoms with Crippen molar-refractivity contribution >= 4 is 23.1 Å². The smallest absolute Gasteiger partial charge is 0.261 e. The molecule has 0 spiro atoms. The van der Waals surface area contributed by atoms with Gasteiger partial charge >= 0.3 is 0 Å². The number of aliphatic hydroxyl groups is 4. The lowest BCUT2D eigenvalue weighted by molar-refractivity contribution is -0.277. The van der Waals surface area contributed by atoms with Gasteiger partial charge in [-0.1, -0.05) is 29.8 Å². The van der Waals surface area contributed by atoms with E-state index in [9.17, 15) is 20.4 Å². The molecule has 0 radical (unpaired) electrons. The lowest BCUT2D eigenvalue weighted by Gasteiger charge is -2.39. The van der Waals surface area contributed by atoms with Crippen LogP contribution in [0, 0.1) is 6.92 Å². The summed E-state index contributed by atoms with van der Waals surface area (Å²) in [5, 5.41) is 42.2. The van der Waals surface area contributed by atoms with Gasteiger partial charge in [0, 0.05) is 5.69 Å². The van der Waals surface area contributed by atoms with Crippen molar-refractivity contribution in [3.05, 3.63) is 59.7 Å². The molecule has 1 heterocycles. The number of rotatable bonds is 6. The molecule has 0 unspecified atom stereocenters. The molecule has 5 atom stereocenters. The predicted octanol–water partition coefficient (Wildman–Crippen LogP) is 1.09. The maximum absolute atomic E-state index is 10.0. The number of hydrogen-bond acceptors (Lipinski definition) is 8. The first kappa shape index (κ1) is 22.4. The van der Waals surface area contributed by atoms with E-state index >= 15 is 0 Å². The Morgan fingerprint density at radius 1 is 1.00 bits per heavy atom. The molecule has 5 N–H and O–H groups in total. The Balaban J connectivity index is 1.51. The summed E-state index contributed by atoms with van der Waals surface area (Å²) >= 11 is 5.19. The van der Waals surface area contributed by atoms with Crippen LogP contribution in [-0.4, -0.2) is 62.9 Å². The fourth-order valence-corrected chi connectivity index (χ4v) is 3.08. The van der Waals surface area contributed by atoms with Crippen LogP contribution in [0.1, 0.15) is 11.1 Å². The zero-order chi connectivity index (χ0) is 21.7. The molecule has 0 aliphatic carbocycles. The second-order valence-corrected chi connectivity index (χ2v) is 7.40. The van der Waals surface area contributed by atoms with Crippen LogP contribution >= 0.6 is 12.2 Å². The molecule has 1 fully saturated rings. The maximum Gasteiger partial charge on any atom is 0.261 e. The third-order valence-electron chi connectivity index (χ3n) is 4.69. The summed E-state index contributed by atoms with van der Waals surface area (Å²) in [7, 11) is 0. The average molecular weight is 435 g/mol. The topological polar surface area (TPSA) is 121 Å². The van der Waals surface area contributed by atoms with Crippen molar-refractivity contribution < 1.29 is 34.6 Å². The predicted molar refractivity (Wildman–Crippen MR) is 113 cm³/mol. The number of aryl methyl sites for hydroxylation is 1. The molecule has 8 nitrogen and oxygen atoms in total. The zero-order valence-corrected chi connectivity index (χ0v) is 17.2. The van der Waals surface area contributed by atoms with Crippen LogP contribution in [0.2, 0.25) is 0 Å². The van der Waals surface area contributed by atoms with E-state index in [2.05, 4.69) is 5.32 Å². The van der Waals surface area contributed by atoms with E-state index in [1.165, 1.54) is 0 Å². The number of aliphatic hydroxyl groups excluding tert-OH is 4. The first-order chi connectivity index (χ1) is 14.4. The van der Waals surface area contributed by atoms with Crippen LogP contribution < -0.4 is 10.1 Å². The van der Waals surface area contributed by atoms with Gasteiger partial charge in [-0.15, -0.1) is 0 Å². The average Bonchev–Trinajstić information content (AvgIpc) is 2.75. The number of thiocarbonyl (C=S) groups is 1. The van der Waals surface area contributed by atoms with Gasteiger partial charge in [-0.2, -0.15) is 0 Å². The van der Waals surface area contributed by atoms with E-state index in [0.29, 0.717) is 5.75 Å². The van der Waals surface area contributed by atoms with Crippen molar-refractivity contribution in [3.8, 4) is 5.75 Å². The quantitative estimate of drug-likeness (QED) is 0.425. The maximum atomic E-state index is 10.0. The number of nitrogens with one attached hydrogen (secondary N) is 1. The van der Waals surface area contributed by atoms with Crippen molar-refractivity contribution in [1.82, 2.24) is 0 Å². The lowest BCUT2D eigenvalue weighted by Crippen LogP contribution is -2.60. The van der Waals surface area contributed by atoms with Gasteiger partial charge in [-0.05, 0) is 49.0 Å². The highest BCUT2D eigenvalue weighted by Gasteiger charge is 2.44. The summed E-state index contributed by atoms with van der Waals surface area (Å²) < 4.78 is 16.4. The van der Waals surface area contributed by atoms with Crippen LogP contribution in [-0.2, 0) is 16.1 Å². The highest BCUT2D eigenvalue weighted by molar-refractivity contribution is 7.80. The zero-order valence-electron chi connectivity index (χ0n) is 16.3. The van der Waals surface area contributed by atoms with Gasteiger partial charge in [0.05, 0.1) is 6.61 Å². The molecule has 3 rings (SSSR count). The SMILES string of the molecule is Cc1ccc(NC(=S)OCc2ccc(O[C@@H]3O[C@H](CO)[C@H](O)[C@H](O)[C@H]3O)cc2)cc1. The van der Waals surface area contributed by atoms with E-state index in [-0.39, 0.29) is 11.8 Å². The van der Waals surface area contributed by atoms with Gasteiger partial charge in [-0.25, -0.2) is 0 Å². The molecule has 1 saturated heterocycles. The van der Waals surface area contributed by atoms with Crippen molar-refractivity contribution in [2.45, 2.75) is 44.2 Å². The van der Waals surface area contributed by atoms with Crippen molar-refractivity contribution in [1.29, 1.82) is 0 Å². The number of benzene rings is 2. The third kappa shape index (κ3) is 5.66.